The van der Waals surface area contributed by atoms with E-state index in [9.17, 15) is 26.7 Å². The molecule has 0 radical (unpaired) electrons. The third-order valence-corrected chi connectivity index (χ3v) is 2.92. The molecule has 0 amide bonds. The lowest BCUT2D eigenvalue weighted by Gasteiger charge is -2.08. The summed E-state index contributed by atoms with van der Waals surface area (Å²) in [7, 11) is 0. The second-order valence-electron chi connectivity index (χ2n) is 3.95. The first-order chi connectivity index (χ1) is 9.20. The molecule has 0 N–H and O–H groups in total. The minimum Gasteiger partial charge on any atom is -0.372 e. The molecule has 112 valence electrons. The van der Waals surface area contributed by atoms with Crippen LogP contribution in [-0.2, 0) is 16.0 Å². The van der Waals surface area contributed by atoms with Crippen molar-refractivity contribution in [2.75, 3.05) is 13.2 Å². The topological polar surface area (TPSA) is 26.3 Å². The van der Waals surface area contributed by atoms with Crippen LogP contribution in [0.3, 0.4) is 0 Å². The van der Waals surface area contributed by atoms with Crippen molar-refractivity contribution in [1.82, 2.24) is 0 Å². The third kappa shape index (κ3) is 5.54. The average Bonchev–Trinajstić information content (AvgIpc) is 2.34. The maximum Gasteiger partial charge on any atom is 0.411 e. The lowest BCUT2D eigenvalue weighted by molar-refractivity contribution is -0.174. The quantitative estimate of drug-likeness (QED) is 0.438. The van der Waals surface area contributed by atoms with E-state index >= 15 is 0 Å². The molecular weight excluding hydrogens is 351 g/mol. The van der Waals surface area contributed by atoms with Gasteiger partial charge in [-0.1, -0.05) is 0 Å². The van der Waals surface area contributed by atoms with Crippen molar-refractivity contribution in [2.24, 2.45) is 0 Å². The van der Waals surface area contributed by atoms with E-state index in [2.05, 4.69) is 20.7 Å². The van der Waals surface area contributed by atoms with Gasteiger partial charge in [-0.3, -0.25) is 4.79 Å². The average molecular weight is 361 g/mol. The van der Waals surface area contributed by atoms with Crippen LogP contribution in [0.15, 0.2) is 16.6 Å². The Balaban J connectivity index is 2.49. The Morgan fingerprint density at radius 2 is 1.90 bits per heavy atom. The molecule has 1 rings (SSSR count). The minimum atomic E-state index is -4.47. The fourth-order valence-corrected chi connectivity index (χ4v) is 1.76. The number of carbonyl (C=O) groups is 1. The summed E-state index contributed by atoms with van der Waals surface area (Å²) in [5.41, 5.74) is -0.416. The SMILES string of the molecule is O=C(CCOCC(F)(F)F)Cc1c(F)ccc(Br)c1F. The van der Waals surface area contributed by atoms with Gasteiger partial charge in [-0.05, 0) is 28.1 Å². The molecule has 0 spiro atoms. The van der Waals surface area contributed by atoms with E-state index in [1.165, 1.54) is 0 Å². The Kier molecular flexibility index (Phi) is 6.07. The number of hydrogen-bond donors (Lipinski definition) is 0. The summed E-state index contributed by atoms with van der Waals surface area (Å²) in [6.07, 6.45) is -5.35. The van der Waals surface area contributed by atoms with Crippen molar-refractivity contribution in [3.63, 3.8) is 0 Å². The Hall–Kier alpha value is -1.02. The first-order valence-electron chi connectivity index (χ1n) is 5.49. The van der Waals surface area contributed by atoms with Crippen LogP contribution >= 0.6 is 15.9 Å². The molecule has 0 fully saturated rings. The Morgan fingerprint density at radius 3 is 2.50 bits per heavy atom. The smallest absolute Gasteiger partial charge is 0.372 e. The third-order valence-electron chi connectivity index (χ3n) is 2.30. The molecule has 1 aromatic rings. The number of benzene rings is 1. The van der Waals surface area contributed by atoms with Gasteiger partial charge in [-0.2, -0.15) is 13.2 Å². The molecule has 2 nitrogen and oxygen atoms in total. The first-order valence-corrected chi connectivity index (χ1v) is 6.28. The molecule has 0 atom stereocenters. The first kappa shape index (κ1) is 17.0. The summed E-state index contributed by atoms with van der Waals surface area (Å²) in [6, 6.07) is 2.15. The second kappa shape index (κ2) is 7.12. The summed E-state index contributed by atoms with van der Waals surface area (Å²) >= 11 is 2.85. The highest BCUT2D eigenvalue weighted by Crippen LogP contribution is 2.22. The number of ether oxygens (including phenoxy) is 1. The highest BCUT2D eigenvalue weighted by molar-refractivity contribution is 9.10. The predicted molar refractivity (Wildman–Crippen MR) is 64.3 cm³/mol. The van der Waals surface area contributed by atoms with Crippen LogP contribution in [0.1, 0.15) is 12.0 Å². The van der Waals surface area contributed by atoms with Crippen molar-refractivity contribution in [3.8, 4) is 0 Å². The number of ketones is 1. The fourth-order valence-electron chi connectivity index (χ4n) is 1.39. The molecule has 0 heterocycles. The number of halogens is 6. The minimum absolute atomic E-state index is 0.00928. The summed E-state index contributed by atoms with van der Waals surface area (Å²) < 4.78 is 66.4. The van der Waals surface area contributed by atoms with Crippen LogP contribution in [0.2, 0.25) is 0 Å². The number of alkyl halides is 3. The van der Waals surface area contributed by atoms with Gasteiger partial charge in [-0.25, -0.2) is 8.78 Å². The van der Waals surface area contributed by atoms with Crippen LogP contribution in [0.5, 0.6) is 0 Å². The fraction of sp³-hybridized carbons (Fsp3) is 0.417. The van der Waals surface area contributed by atoms with Crippen LogP contribution in [0.25, 0.3) is 0 Å². The van der Waals surface area contributed by atoms with Gasteiger partial charge in [0.1, 0.15) is 24.0 Å². The molecule has 0 aliphatic rings. The van der Waals surface area contributed by atoms with E-state index in [-0.39, 0.29) is 10.9 Å². The van der Waals surface area contributed by atoms with Gasteiger partial charge < -0.3 is 4.74 Å². The van der Waals surface area contributed by atoms with E-state index in [1.807, 2.05) is 0 Å². The number of hydrogen-bond acceptors (Lipinski definition) is 2. The number of carbonyl (C=O) groups excluding carboxylic acids is 1. The zero-order valence-corrected chi connectivity index (χ0v) is 11.7. The van der Waals surface area contributed by atoms with Crippen LogP contribution in [0.4, 0.5) is 22.0 Å². The van der Waals surface area contributed by atoms with E-state index in [0.717, 1.165) is 12.1 Å². The summed E-state index contributed by atoms with van der Waals surface area (Å²) in [5, 5.41) is 0. The Bertz CT molecular complexity index is 487. The monoisotopic (exact) mass is 360 g/mol. The molecule has 0 aliphatic heterocycles. The van der Waals surface area contributed by atoms with Crippen molar-refractivity contribution in [1.29, 1.82) is 0 Å². The van der Waals surface area contributed by atoms with Gasteiger partial charge in [0.05, 0.1) is 11.1 Å². The van der Waals surface area contributed by atoms with Gasteiger partial charge in [0.15, 0.2) is 0 Å². The van der Waals surface area contributed by atoms with Crippen molar-refractivity contribution >= 4 is 21.7 Å². The van der Waals surface area contributed by atoms with Gasteiger partial charge in [-0.15, -0.1) is 0 Å². The lowest BCUT2D eigenvalue weighted by atomic mass is 10.1. The zero-order valence-electron chi connectivity index (χ0n) is 10.1. The molecule has 0 unspecified atom stereocenters. The Labute approximate surface area is 120 Å². The van der Waals surface area contributed by atoms with E-state index in [1.54, 1.807) is 0 Å². The Morgan fingerprint density at radius 1 is 1.25 bits per heavy atom. The van der Waals surface area contributed by atoms with E-state index in [4.69, 9.17) is 0 Å². The van der Waals surface area contributed by atoms with Gasteiger partial charge in [0, 0.05) is 18.4 Å². The zero-order chi connectivity index (χ0) is 15.3. The molecule has 0 saturated heterocycles. The summed E-state index contributed by atoms with van der Waals surface area (Å²) in [5.74, 6) is -2.38. The number of rotatable bonds is 6. The van der Waals surface area contributed by atoms with Gasteiger partial charge >= 0.3 is 6.18 Å². The van der Waals surface area contributed by atoms with Crippen LogP contribution in [-0.4, -0.2) is 25.2 Å². The molecule has 1 aromatic carbocycles. The van der Waals surface area contributed by atoms with Gasteiger partial charge in [0.2, 0.25) is 0 Å². The summed E-state index contributed by atoms with van der Waals surface area (Å²) in [4.78, 5) is 11.4. The highest BCUT2D eigenvalue weighted by Gasteiger charge is 2.27. The molecule has 0 aromatic heterocycles. The largest absolute Gasteiger partial charge is 0.411 e. The predicted octanol–water partition coefficient (Wildman–Crippen LogP) is 3.81. The molecular formula is C12H10BrF5O2. The molecule has 0 aliphatic carbocycles. The van der Waals surface area contributed by atoms with Crippen LogP contribution in [0, 0.1) is 11.6 Å². The maximum absolute atomic E-state index is 13.5. The number of Topliss-reactive ketones (excluding diaryl/α,β-unsaturated/α-hetero) is 1. The van der Waals surface area contributed by atoms with Crippen molar-refractivity contribution in [3.05, 3.63) is 33.8 Å². The molecule has 0 bridgehead atoms. The standard InChI is InChI=1S/C12H10BrF5O2/c13-9-1-2-10(14)8(11(9)15)5-7(19)3-4-20-6-12(16,17)18/h1-2H,3-6H2. The molecule has 8 heteroatoms. The lowest BCUT2D eigenvalue weighted by Crippen LogP contribution is -2.19. The maximum atomic E-state index is 13.5. The van der Waals surface area contributed by atoms with Gasteiger partial charge in [0.25, 0.3) is 0 Å². The molecule has 0 saturated carbocycles. The van der Waals surface area contributed by atoms with Crippen molar-refractivity contribution < 1.29 is 31.5 Å². The van der Waals surface area contributed by atoms with E-state index < -0.39 is 48.8 Å². The van der Waals surface area contributed by atoms with Crippen molar-refractivity contribution in [2.45, 2.75) is 19.0 Å². The van der Waals surface area contributed by atoms with Crippen LogP contribution < -0.4 is 0 Å². The molecule has 20 heavy (non-hydrogen) atoms. The normalized spacial score (nSPS) is 11.7. The van der Waals surface area contributed by atoms with E-state index in [0.29, 0.717) is 0 Å². The second-order valence-corrected chi connectivity index (χ2v) is 4.81. The summed E-state index contributed by atoms with van der Waals surface area (Å²) in [6.45, 7) is -1.91. The highest BCUT2D eigenvalue weighted by atomic mass is 79.9.